The number of rotatable bonds is 6. The van der Waals surface area contributed by atoms with E-state index in [1.54, 1.807) is 13.8 Å². The standard InChI is InChI=1S/C36H39F2NO6/c1-33-12-11-24(41)15-27(33)28(37)16-26-25-17-31-36(30(43)19-40,34(25,2)18-29(42)35(26,33)38)45-32(44-31)22-9-7-20(8-10-22)13-21-5-4-6-23(14-21)39-3/h4-12,14-15,25-26,28-29,31-32,39-40,42H,13,16-19H2,1-3H3/t25-,26-,28-,29-,31+,32-,33-,34-,35-,36?/m0/s1. The monoisotopic (exact) mass is 619 g/mol. The van der Waals surface area contributed by atoms with E-state index in [2.05, 4.69) is 17.4 Å². The maximum atomic E-state index is 17.6. The Hall–Kier alpha value is -3.24. The molecule has 10 atom stereocenters. The van der Waals surface area contributed by atoms with E-state index < -0.39 is 76.8 Å². The van der Waals surface area contributed by atoms with E-state index in [-0.39, 0.29) is 24.8 Å². The summed E-state index contributed by atoms with van der Waals surface area (Å²) >= 11 is 0. The van der Waals surface area contributed by atoms with Crippen molar-refractivity contribution in [1.82, 2.24) is 0 Å². The number of fused-ring (bicyclic) bond motifs is 7. The third kappa shape index (κ3) is 4.06. The minimum Gasteiger partial charge on any atom is -0.390 e. The number of carbonyl (C=O) groups excluding carboxylic acids is 2. The Morgan fingerprint density at radius 3 is 2.56 bits per heavy atom. The molecule has 238 valence electrons. The lowest BCUT2D eigenvalue weighted by Gasteiger charge is -2.63. The van der Waals surface area contributed by atoms with Gasteiger partial charge in [-0.3, -0.25) is 9.59 Å². The number of halogens is 2. The molecule has 1 saturated heterocycles. The molecule has 5 aliphatic rings. The van der Waals surface area contributed by atoms with Crippen LogP contribution in [0.15, 0.2) is 72.3 Å². The molecular formula is C36H39F2NO6. The Balaban J connectivity index is 1.20. The van der Waals surface area contributed by atoms with Crippen molar-refractivity contribution >= 4 is 17.3 Å². The van der Waals surface area contributed by atoms with Crippen LogP contribution in [0.5, 0.6) is 0 Å². The molecule has 0 aromatic heterocycles. The number of Topliss-reactive ketones (excluding diaryl/α,β-unsaturated/α-hetero) is 1. The van der Waals surface area contributed by atoms with Crippen LogP contribution < -0.4 is 5.32 Å². The summed E-state index contributed by atoms with van der Waals surface area (Å²) in [5, 5.41) is 25.0. The summed E-state index contributed by atoms with van der Waals surface area (Å²) in [6.45, 7) is 2.51. The average molecular weight is 620 g/mol. The fourth-order valence-corrected chi connectivity index (χ4v) is 9.58. The molecule has 0 bridgehead atoms. The first-order valence-corrected chi connectivity index (χ1v) is 15.7. The summed E-state index contributed by atoms with van der Waals surface area (Å²) in [5.74, 6) is -2.58. The number of ether oxygens (including phenoxy) is 2. The number of alkyl halides is 2. The Labute approximate surface area is 261 Å². The molecule has 3 N–H and O–H groups in total. The highest BCUT2D eigenvalue weighted by Gasteiger charge is 2.80. The van der Waals surface area contributed by atoms with E-state index in [9.17, 15) is 19.8 Å². The molecule has 0 amide bonds. The van der Waals surface area contributed by atoms with Crippen LogP contribution in [0.2, 0.25) is 0 Å². The molecule has 2 aromatic carbocycles. The predicted molar refractivity (Wildman–Crippen MR) is 163 cm³/mol. The van der Waals surface area contributed by atoms with E-state index in [4.69, 9.17) is 9.47 Å². The molecule has 3 saturated carbocycles. The highest BCUT2D eigenvalue weighted by molar-refractivity contribution is 6.01. The van der Waals surface area contributed by atoms with Crippen molar-refractivity contribution in [2.45, 2.75) is 75.5 Å². The molecule has 7 rings (SSSR count). The number of aliphatic hydroxyl groups is 2. The zero-order valence-electron chi connectivity index (χ0n) is 25.6. The fraction of sp³-hybridized carbons (Fsp3) is 0.500. The van der Waals surface area contributed by atoms with Gasteiger partial charge in [-0.1, -0.05) is 49.4 Å². The largest absolute Gasteiger partial charge is 0.390 e. The number of hydrogen-bond acceptors (Lipinski definition) is 7. The first-order valence-electron chi connectivity index (χ1n) is 15.7. The quantitative estimate of drug-likeness (QED) is 0.420. The van der Waals surface area contributed by atoms with Crippen LogP contribution in [0.25, 0.3) is 0 Å². The second-order valence-electron chi connectivity index (χ2n) is 13.9. The van der Waals surface area contributed by atoms with Gasteiger partial charge in [-0.25, -0.2) is 8.78 Å². The number of benzene rings is 2. The zero-order valence-corrected chi connectivity index (χ0v) is 25.6. The SMILES string of the molecule is CNc1cccc(Cc2ccc([C@H]3O[C@@H]4C[C@H]5[C@@H]6C[C@H](F)C7=CC(=O)C=C[C@]7(C)[C@@]6(F)[C@@H](O)C[C@]5(C)C4(C(=O)CO)O3)cc2)c1. The number of ketones is 2. The molecule has 4 aliphatic carbocycles. The molecule has 1 heterocycles. The number of hydrogen-bond donors (Lipinski definition) is 3. The molecule has 9 heteroatoms. The number of allylic oxidation sites excluding steroid dienone is 4. The number of aliphatic hydroxyl groups excluding tert-OH is 2. The molecule has 0 spiro atoms. The van der Waals surface area contributed by atoms with E-state index >= 15 is 8.78 Å². The molecule has 1 unspecified atom stereocenters. The average Bonchev–Trinajstić information content (AvgIpc) is 3.53. The van der Waals surface area contributed by atoms with Crippen molar-refractivity contribution in [2.75, 3.05) is 19.0 Å². The Morgan fingerprint density at radius 2 is 1.84 bits per heavy atom. The summed E-state index contributed by atoms with van der Waals surface area (Å²) in [6.07, 6.45) is -0.622. The zero-order chi connectivity index (χ0) is 31.9. The van der Waals surface area contributed by atoms with Crippen molar-refractivity contribution in [3.05, 3.63) is 89.0 Å². The second kappa shape index (κ2) is 10.4. The summed E-state index contributed by atoms with van der Waals surface area (Å²) in [7, 11) is 1.88. The van der Waals surface area contributed by atoms with Crippen molar-refractivity contribution in [1.29, 1.82) is 0 Å². The van der Waals surface area contributed by atoms with Crippen LogP contribution in [0.4, 0.5) is 14.5 Å². The Bertz CT molecular complexity index is 1610. The molecular weight excluding hydrogens is 580 g/mol. The Kier molecular flexibility index (Phi) is 7.02. The highest BCUT2D eigenvalue weighted by atomic mass is 19.1. The second-order valence-corrected chi connectivity index (χ2v) is 13.9. The maximum absolute atomic E-state index is 17.6. The molecule has 4 fully saturated rings. The number of carbonyl (C=O) groups is 2. The van der Waals surface area contributed by atoms with Gasteiger partial charge in [0, 0.05) is 35.0 Å². The fourth-order valence-electron chi connectivity index (χ4n) is 9.58. The minimum atomic E-state index is -2.28. The van der Waals surface area contributed by atoms with Crippen molar-refractivity contribution in [2.24, 2.45) is 22.7 Å². The number of nitrogens with one attached hydrogen (secondary N) is 1. The van der Waals surface area contributed by atoms with Crippen molar-refractivity contribution < 1.29 is 38.1 Å². The van der Waals surface area contributed by atoms with Gasteiger partial charge in [-0.05, 0) is 79.5 Å². The van der Waals surface area contributed by atoms with E-state index in [0.29, 0.717) is 5.56 Å². The van der Waals surface area contributed by atoms with E-state index in [1.165, 1.54) is 12.2 Å². The third-order valence-corrected chi connectivity index (χ3v) is 11.8. The summed E-state index contributed by atoms with van der Waals surface area (Å²) in [4.78, 5) is 25.9. The lowest BCUT2D eigenvalue weighted by molar-refractivity contribution is -0.235. The summed E-state index contributed by atoms with van der Waals surface area (Å²) in [5.41, 5.74) is -2.65. The van der Waals surface area contributed by atoms with Crippen LogP contribution in [-0.4, -0.2) is 65.1 Å². The lowest BCUT2D eigenvalue weighted by atomic mass is 9.44. The molecule has 7 nitrogen and oxygen atoms in total. The van der Waals surface area contributed by atoms with E-state index in [0.717, 1.165) is 29.3 Å². The normalized spacial score (nSPS) is 41.5. The maximum Gasteiger partial charge on any atom is 0.193 e. The molecule has 45 heavy (non-hydrogen) atoms. The Morgan fingerprint density at radius 1 is 1.09 bits per heavy atom. The van der Waals surface area contributed by atoms with Gasteiger partial charge in [-0.15, -0.1) is 0 Å². The smallest absolute Gasteiger partial charge is 0.193 e. The van der Waals surface area contributed by atoms with Crippen LogP contribution in [0.1, 0.15) is 56.1 Å². The van der Waals surface area contributed by atoms with Crippen LogP contribution >= 0.6 is 0 Å². The van der Waals surface area contributed by atoms with Crippen LogP contribution in [0.3, 0.4) is 0 Å². The van der Waals surface area contributed by atoms with Gasteiger partial charge in [0.1, 0.15) is 12.8 Å². The van der Waals surface area contributed by atoms with Crippen molar-refractivity contribution in [3.63, 3.8) is 0 Å². The molecule has 0 radical (unpaired) electrons. The summed E-state index contributed by atoms with van der Waals surface area (Å²) < 4.78 is 46.4. The van der Waals surface area contributed by atoms with E-state index in [1.807, 2.05) is 43.4 Å². The van der Waals surface area contributed by atoms with Gasteiger partial charge in [0.05, 0.1) is 12.2 Å². The van der Waals surface area contributed by atoms with Crippen molar-refractivity contribution in [3.8, 4) is 0 Å². The highest BCUT2D eigenvalue weighted by Crippen LogP contribution is 2.72. The topological polar surface area (TPSA) is 105 Å². The van der Waals surface area contributed by atoms with Gasteiger partial charge in [0.2, 0.25) is 0 Å². The molecule has 2 aromatic rings. The predicted octanol–water partition coefficient (Wildman–Crippen LogP) is 4.96. The lowest BCUT2D eigenvalue weighted by Crippen LogP contribution is -2.70. The minimum absolute atomic E-state index is 0.0430. The summed E-state index contributed by atoms with van der Waals surface area (Å²) in [6, 6.07) is 15.9. The first-order chi connectivity index (χ1) is 21.4. The van der Waals surface area contributed by atoms with Crippen LogP contribution in [0, 0.1) is 22.7 Å². The van der Waals surface area contributed by atoms with Gasteiger partial charge >= 0.3 is 0 Å². The van der Waals surface area contributed by atoms with Gasteiger partial charge < -0.3 is 25.0 Å². The van der Waals surface area contributed by atoms with Gasteiger partial charge in [0.15, 0.2) is 29.1 Å². The number of anilines is 1. The third-order valence-electron chi connectivity index (χ3n) is 11.8. The van der Waals surface area contributed by atoms with Gasteiger partial charge in [-0.2, -0.15) is 0 Å². The molecule has 1 aliphatic heterocycles. The first kappa shape index (κ1) is 30.4. The van der Waals surface area contributed by atoms with Gasteiger partial charge in [0.25, 0.3) is 0 Å². The van der Waals surface area contributed by atoms with Crippen LogP contribution in [-0.2, 0) is 25.5 Å².